The Morgan fingerprint density at radius 1 is 1.38 bits per heavy atom. The van der Waals surface area contributed by atoms with Gasteiger partial charge in [0.25, 0.3) is 0 Å². The summed E-state index contributed by atoms with van der Waals surface area (Å²) in [7, 11) is -3.64. The van der Waals surface area contributed by atoms with E-state index in [1.54, 1.807) is 0 Å². The maximum Gasteiger partial charge on any atom is 0.238 e. The van der Waals surface area contributed by atoms with Crippen LogP contribution in [0, 0.1) is 0 Å². The second-order valence-corrected chi connectivity index (χ2v) is 4.13. The van der Waals surface area contributed by atoms with Crippen LogP contribution < -0.4 is 5.14 Å². The molecule has 0 unspecified atom stereocenters. The molecule has 13 heavy (non-hydrogen) atoms. The van der Waals surface area contributed by atoms with Crippen LogP contribution in [0.1, 0.15) is 0 Å². The second kappa shape index (κ2) is 2.54. The monoisotopic (exact) mass is 198 g/mol. The average Bonchev–Trinajstić information content (AvgIpc) is 2.47. The van der Waals surface area contributed by atoms with E-state index >= 15 is 0 Å². The Morgan fingerprint density at radius 3 is 2.85 bits per heavy atom. The van der Waals surface area contributed by atoms with Crippen LogP contribution in [-0.2, 0) is 10.0 Å². The van der Waals surface area contributed by atoms with Gasteiger partial charge < -0.3 is 4.52 Å². The summed E-state index contributed by atoms with van der Waals surface area (Å²) < 4.78 is 26.7. The maximum atomic E-state index is 10.9. The van der Waals surface area contributed by atoms with E-state index in [1.165, 1.54) is 24.4 Å². The van der Waals surface area contributed by atoms with Crippen LogP contribution in [0.25, 0.3) is 11.0 Å². The van der Waals surface area contributed by atoms with Gasteiger partial charge >= 0.3 is 0 Å². The molecule has 1 aromatic carbocycles. The van der Waals surface area contributed by atoms with Crippen molar-refractivity contribution < 1.29 is 12.9 Å². The van der Waals surface area contributed by atoms with Gasteiger partial charge in [-0.2, -0.15) is 0 Å². The Balaban J connectivity index is 2.75. The fraction of sp³-hybridized carbons (Fsp3) is 0. The van der Waals surface area contributed by atoms with Gasteiger partial charge in [-0.1, -0.05) is 5.16 Å². The summed E-state index contributed by atoms with van der Waals surface area (Å²) in [6, 6.07) is 4.31. The van der Waals surface area contributed by atoms with Crippen LogP contribution in [0.4, 0.5) is 0 Å². The lowest BCUT2D eigenvalue weighted by atomic mass is 10.3. The van der Waals surface area contributed by atoms with Gasteiger partial charge in [0.2, 0.25) is 10.0 Å². The van der Waals surface area contributed by atoms with Gasteiger partial charge in [-0.3, -0.25) is 0 Å². The minimum Gasteiger partial charge on any atom is -0.356 e. The van der Waals surface area contributed by atoms with Gasteiger partial charge in [-0.05, 0) is 18.2 Å². The highest BCUT2D eigenvalue weighted by Crippen LogP contribution is 2.17. The number of sulfonamides is 1. The molecule has 0 atom stereocenters. The topological polar surface area (TPSA) is 86.2 Å². The first-order valence-electron chi connectivity index (χ1n) is 3.44. The molecule has 2 aromatic rings. The summed E-state index contributed by atoms with van der Waals surface area (Å²) in [5, 5.41) is 9.07. The van der Waals surface area contributed by atoms with Gasteiger partial charge in [0.1, 0.15) is 0 Å². The Bertz CT molecular complexity index is 544. The van der Waals surface area contributed by atoms with Gasteiger partial charge in [0.15, 0.2) is 5.58 Å². The number of hydrogen-bond acceptors (Lipinski definition) is 4. The Kier molecular flexibility index (Phi) is 1.61. The molecule has 0 spiro atoms. The molecule has 68 valence electrons. The average molecular weight is 198 g/mol. The summed E-state index contributed by atoms with van der Waals surface area (Å²) in [5.74, 6) is 0. The molecule has 6 heteroatoms. The van der Waals surface area contributed by atoms with Crippen LogP contribution in [-0.4, -0.2) is 13.6 Å². The number of primary sulfonamides is 1. The molecule has 0 saturated carbocycles. The van der Waals surface area contributed by atoms with E-state index in [0.717, 1.165) is 0 Å². The minimum atomic E-state index is -3.64. The summed E-state index contributed by atoms with van der Waals surface area (Å²) >= 11 is 0. The van der Waals surface area contributed by atoms with Crippen molar-refractivity contribution in [3.8, 4) is 0 Å². The maximum absolute atomic E-state index is 10.9. The van der Waals surface area contributed by atoms with Gasteiger partial charge in [0.05, 0.1) is 11.1 Å². The van der Waals surface area contributed by atoms with Crippen LogP contribution in [0.3, 0.4) is 0 Å². The molecular weight excluding hydrogens is 192 g/mol. The van der Waals surface area contributed by atoms with Crippen molar-refractivity contribution in [1.82, 2.24) is 5.16 Å². The lowest BCUT2D eigenvalue weighted by Crippen LogP contribution is -2.11. The number of fused-ring (bicyclic) bond motifs is 1. The lowest BCUT2D eigenvalue weighted by molar-refractivity contribution is 0.456. The van der Waals surface area contributed by atoms with E-state index in [0.29, 0.717) is 11.0 Å². The van der Waals surface area contributed by atoms with Gasteiger partial charge in [-0.25, -0.2) is 13.6 Å². The Hall–Kier alpha value is -1.40. The van der Waals surface area contributed by atoms with Crippen LogP contribution >= 0.6 is 0 Å². The molecule has 2 N–H and O–H groups in total. The zero-order valence-electron chi connectivity index (χ0n) is 6.47. The van der Waals surface area contributed by atoms with E-state index < -0.39 is 10.0 Å². The highest BCUT2D eigenvalue weighted by molar-refractivity contribution is 7.89. The molecule has 0 radical (unpaired) electrons. The molecule has 0 saturated heterocycles. The van der Waals surface area contributed by atoms with E-state index in [9.17, 15) is 8.42 Å². The van der Waals surface area contributed by atoms with Crippen molar-refractivity contribution in [3.05, 3.63) is 24.4 Å². The third-order valence-corrected chi connectivity index (χ3v) is 2.56. The minimum absolute atomic E-state index is 0.0585. The molecule has 1 heterocycles. The highest BCUT2D eigenvalue weighted by Gasteiger charge is 2.09. The van der Waals surface area contributed by atoms with Crippen molar-refractivity contribution in [3.63, 3.8) is 0 Å². The molecule has 0 aliphatic carbocycles. The van der Waals surface area contributed by atoms with Crippen molar-refractivity contribution in [2.24, 2.45) is 5.14 Å². The molecular formula is C7H6N2O3S. The van der Waals surface area contributed by atoms with Crippen molar-refractivity contribution in [2.75, 3.05) is 0 Å². The first-order chi connectivity index (χ1) is 6.07. The molecule has 0 aliphatic heterocycles. The molecule has 2 rings (SSSR count). The van der Waals surface area contributed by atoms with Crippen molar-refractivity contribution >= 4 is 21.0 Å². The normalized spacial score (nSPS) is 12.1. The number of aromatic nitrogens is 1. The zero-order chi connectivity index (χ0) is 9.47. The number of nitrogens with zero attached hydrogens (tertiary/aromatic N) is 1. The number of hydrogen-bond donors (Lipinski definition) is 1. The predicted molar refractivity (Wildman–Crippen MR) is 45.4 cm³/mol. The quantitative estimate of drug-likeness (QED) is 0.721. The standard InChI is InChI=1S/C7H6N2O3S/c8-13(10,11)6-1-2-7-5(3-6)4-9-12-7/h1-4H,(H2,8,10,11). The fourth-order valence-electron chi connectivity index (χ4n) is 1.03. The highest BCUT2D eigenvalue weighted by atomic mass is 32.2. The molecule has 0 fully saturated rings. The fourth-order valence-corrected chi connectivity index (χ4v) is 1.58. The number of benzene rings is 1. The predicted octanol–water partition coefficient (Wildman–Crippen LogP) is 0.475. The Labute approximate surface area is 74.2 Å². The molecule has 0 aliphatic rings. The molecule has 0 bridgehead atoms. The van der Waals surface area contributed by atoms with E-state index in [2.05, 4.69) is 5.16 Å². The van der Waals surface area contributed by atoms with Crippen molar-refractivity contribution in [1.29, 1.82) is 0 Å². The smallest absolute Gasteiger partial charge is 0.238 e. The van der Waals surface area contributed by atoms with Gasteiger partial charge in [0, 0.05) is 5.39 Å². The molecule has 0 amide bonds. The van der Waals surface area contributed by atoms with Crippen LogP contribution in [0.2, 0.25) is 0 Å². The number of nitrogens with two attached hydrogens (primary N) is 1. The second-order valence-electron chi connectivity index (χ2n) is 2.57. The van der Waals surface area contributed by atoms with Crippen LogP contribution in [0.15, 0.2) is 33.8 Å². The van der Waals surface area contributed by atoms with E-state index in [1.807, 2.05) is 0 Å². The Morgan fingerprint density at radius 2 is 2.15 bits per heavy atom. The van der Waals surface area contributed by atoms with E-state index in [-0.39, 0.29) is 4.90 Å². The lowest BCUT2D eigenvalue weighted by Gasteiger charge is -1.95. The third-order valence-electron chi connectivity index (χ3n) is 1.65. The van der Waals surface area contributed by atoms with Gasteiger partial charge in [-0.15, -0.1) is 0 Å². The largest absolute Gasteiger partial charge is 0.356 e. The zero-order valence-corrected chi connectivity index (χ0v) is 7.28. The summed E-state index contributed by atoms with van der Waals surface area (Å²) in [6.45, 7) is 0. The molecule has 5 nitrogen and oxygen atoms in total. The number of rotatable bonds is 1. The SMILES string of the molecule is NS(=O)(=O)c1ccc2oncc2c1. The summed E-state index contributed by atoms with van der Waals surface area (Å²) in [4.78, 5) is 0.0585. The van der Waals surface area contributed by atoms with Crippen molar-refractivity contribution in [2.45, 2.75) is 4.90 Å². The first kappa shape index (κ1) is 8.21. The molecule has 1 aromatic heterocycles. The first-order valence-corrected chi connectivity index (χ1v) is 4.99. The third kappa shape index (κ3) is 1.41. The van der Waals surface area contributed by atoms with Crippen LogP contribution in [0.5, 0.6) is 0 Å². The summed E-state index contributed by atoms with van der Waals surface area (Å²) in [6.07, 6.45) is 1.43. The van der Waals surface area contributed by atoms with E-state index in [4.69, 9.17) is 9.66 Å². The summed E-state index contributed by atoms with van der Waals surface area (Å²) in [5.41, 5.74) is 0.535.